The van der Waals surface area contributed by atoms with Crippen LogP contribution in [0.2, 0.25) is 0 Å². The van der Waals surface area contributed by atoms with E-state index in [0.717, 1.165) is 22.4 Å². The van der Waals surface area contributed by atoms with Gasteiger partial charge in [-0.05, 0) is 29.1 Å². The molecule has 1 heterocycles. The van der Waals surface area contributed by atoms with Crippen molar-refractivity contribution >= 4 is 21.4 Å². The van der Waals surface area contributed by atoms with E-state index >= 15 is 0 Å². The number of rotatable bonds is 3. The van der Waals surface area contributed by atoms with Gasteiger partial charge in [-0.3, -0.25) is 0 Å². The molecule has 0 spiro atoms. The van der Waals surface area contributed by atoms with Crippen LogP contribution in [0.25, 0.3) is 10.1 Å². The van der Waals surface area contributed by atoms with Gasteiger partial charge in [-0.25, -0.2) is 4.39 Å². The number of halogens is 4. The van der Waals surface area contributed by atoms with Gasteiger partial charge in [0, 0.05) is 11.3 Å². The highest BCUT2D eigenvalue weighted by atomic mass is 32.1. The lowest BCUT2D eigenvalue weighted by Crippen LogP contribution is -2.05. The van der Waals surface area contributed by atoms with E-state index in [1.807, 2.05) is 6.07 Å². The van der Waals surface area contributed by atoms with Crippen LogP contribution in [0.4, 0.5) is 17.6 Å². The molecular formula is C17H12F4OS. The first-order valence-corrected chi connectivity index (χ1v) is 7.61. The van der Waals surface area contributed by atoms with E-state index in [4.69, 9.17) is 4.74 Å². The molecule has 6 heteroatoms. The molecule has 0 aliphatic carbocycles. The Morgan fingerprint density at radius 2 is 1.87 bits per heavy atom. The second-order valence-electron chi connectivity index (χ2n) is 5.09. The largest absolute Gasteiger partial charge is 0.492 e. The minimum absolute atomic E-state index is 0.169. The lowest BCUT2D eigenvalue weighted by Gasteiger charge is -2.08. The van der Waals surface area contributed by atoms with Crippen LogP contribution < -0.4 is 4.74 Å². The maximum atomic E-state index is 13.7. The Hall–Kier alpha value is -2.08. The Kier molecular flexibility index (Phi) is 4.02. The highest BCUT2D eigenvalue weighted by Crippen LogP contribution is 2.37. The number of hydrogen-bond acceptors (Lipinski definition) is 2. The van der Waals surface area contributed by atoms with E-state index in [1.165, 1.54) is 30.6 Å². The van der Waals surface area contributed by atoms with E-state index in [9.17, 15) is 17.6 Å². The molecule has 0 N–H and O–H groups in total. The average molecular weight is 340 g/mol. The van der Waals surface area contributed by atoms with Crippen molar-refractivity contribution in [2.75, 3.05) is 7.11 Å². The molecule has 0 atom stereocenters. The molecule has 0 fully saturated rings. The molecular weight excluding hydrogens is 328 g/mol. The Labute approximate surface area is 134 Å². The van der Waals surface area contributed by atoms with Gasteiger partial charge in [0.15, 0.2) is 11.6 Å². The summed E-state index contributed by atoms with van der Waals surface area (Å²) in [5, 5.41) is 0.815. The molecule has 1 nitrogen and oxygen atoms in total. The van der Waals surface area contributed by atoms with E-state index in [2.05, 4.69) is 0 Å². The molecule has 23 heavy (non-hydrogen) atoms. The van der Waals surface area contributed by atoms with Crippen LogP contribution in [0.15, 0.2) is 42.5 Å². The van der Waals surface area contributed by atoms with Gasteiger partial charge in [-0.2, -0.15) is 13.2 Å². The third kappa shape index (κ3) is 3.17. The third-order valence-electron chi connectivity index (χ3n) is 3.48. The van der Waals surface area contributed by atoms with Crippen LogP contribution in [0.1, 0.15) is 16.0 Å². The van der Waals surface area contributed by atoms with E-state index in [1.54, 1.807) is 12.1 Å². The summed E-state index contributed by atoms with van der Waals surface area (Å²) in [5.41, 5.74) is -0.106. The summed E-state index contributed by atoms with van der Waals surface area (Å²) in [6, 6.07) is 10.0. The average Bonchev–Trinajstić information content (AvgIpc) is 2.89. The quantitative estimate of drug-likeness (QED) is 0.559. The molecule has 0 unspecified atom stereocenters. The Morgan fingerprint density at radius 3 is 2.57 bits per heavy atom. The maximum Gasteiger partial charge on any atom is 0.416 e. The zero-order valence-corrected chi connectivity index (χ0v) is 12.9. The lowest BCUT2D eigenvalue weighted by atomic mass is 10.1. The van der Waals surface area contributed by atoms with Crippen LogP contribution in [0.3, 0.4) is 0 Å². The van der Waals surface area contributed by atoms with Crippen molar-refractivity contribution in [1.82, 2.24) is 0 Å². The van der Waals surface area contributed by atoms with Crippen molar-refractivity contribution < 1.29 is 22.3 Å². The molecule has 0 bridgehead atoms. The summed E-state index contributed by atoms with van der Waals surface area (Å²) in [5.74, 6) is -0.282. The number of thiophene rings is 1. The molecule has 2 aromatic carbocycles. The predicted molar refractivity (Wildman–Crippen MR) is 82.6 cm³/mol. The minimum atomic E-state index is -4.36. The molecule has 0 saturated heterocycles. The molecule has 0 aliphatic rings. The number of methoxy groups -OCH3 is 1. The molecule has 3 rings (SSSR count). The summed E-state index contributed by atoms with van der Waals surface area (Å²) < 4.78 is 57.7. The van der Waals surface area contributed by atoms with Gasteiger partial charge in [0.1, 0.15) is 0 Å². The number of fused-ring (bicyclic) bond motifs is 1. The molecule has 1 aromatic heterocycles. The van der Waals surface area contributed by atoms with Gasteiger partial charge in [-0.15, -0.1) is 11.3 Å². The van der Waals surface area contributed by atoms with Gasteiger partial charge in [0.2, 0.25) is 0 Å². The fourth-order valence-electron chi connectivity index (χ4n) is 2.44. The summed E-state index contributed by atoms with van der Waals surface area (Å²) in [4.78, 5) is 0.850. The number of ether oxygens (including phenoxy) is 1. The van der Waals surface area contributed by atoms with Crippen LogP contribution in [-0.4, -0.2) is 7.11 Å². The highest BCUT2D eigenvalue weighted by molar-refractivity contribution is 7.19. The van der Waals surface area contributed by atoms with E-state index in [-0.39, 0.29) is 5.75 Å². The van der Waals surface area contributed by atoms with Crippen LogP contribution >= 0.6 is 11.3 Å². The first-order valence-electron chi connectivity index (χ1n) is 6.79. The summed E-state index contributed by atoms with van der Waals surface area (Å²) in [7, 11) is 1.39. The van der Waals surface area contributed by atoms with Gasteiger partial charge >= 0.3 is 6.18 Å². The smallest absolute Gasteiger partial charge is 0.416 e. The van der Waals surface area contributed by atoms with Gasteiger partial charge in [0.05, 0.1) is 17.4 Å². The normalized spacial score (nSPS) is 11.9. The van der Waals surface area contributed by atoms with Crippen molar-refractivity contribution in [2.24, 2.45) is 0 Å². The maximum absolute atomic E-state index is 13.7. The highest BCUT2D eigenvalue weighted by Gasteiger charge is 2.30. The Balaban J connectivity index is 1.96. The number of alkyl halides is 3. The SMILES string of the molecule is COc1c(F)ccc2cc(Cc3cccc(C(F)(F)F)c3)sc12. The Morgan fingerprint density at radius 1 is 1.09 bits per heavy atom. The van der Waals surface area contributed by atoms with Crippen molar-refractivity contribution in [3.8, 4) is 5.75 Å². The molecule has 0 radical (unpaired) electrons. The summed E-state index contributed by atoms with van der Waals surface area (Å²) in [6.07, 6.45) is -4.00. The van der Waals surface area contributed by atoms with Crippen molar-refractivity contribution in [1.29, 1.82) is 0 Å². The molecule has 0 aliphatic heterocycles. The third-order valence-corrected chi connectivity index (χ3v) is 4.63. The second-order valence-corrected chi connectivity index (χ2v) is 6.22. The fourth-order valence-corrected chi connectivity index (χ4v) is 3.65. The zero-order chi connectivity index (χ0) is 16.6. The van der Waals surface area contributed by atoms with Crippen molar-refractivity contribution in [3.63, 3.8) is 0 Å². The molecule has 0 saturated carbocycles. The molecule has 120 valence electrons. The van der Waals surface area contributed by atoms with Crippen LogP contribution in [0.5, 0.6) is 5.75 Å². The lowest BCUT2D eigenvalue weighted by molar-refractivity contribution is -0.137. The predicted octanol–water partition coefficient (Wildman–Crippen LogP) is 5.66. The molecule has 0 amide bonds. The van der Waals surface area contributed by atoms with Crippen LogP contribution in [0, 0.1) is 5.82 Å². The summed E-state index contributed by atoms with van der Waals surface area (Å²) in [6.45, 7) is 0. The van der Waals surface area contributed by atoms with E-state index < -0.39 is 17.6 Å². The van der Waals surface area contributed by atoms with Gasteiger partial charge in [0.25, 0.3) is 0 Å². The first-order chi connectivity index (χ1) is 10.9. The minimum Gasteiger partial charge on any atom is -0.492 e. The summed E-state index contributed by atoms with van der Waals surface area (Å²) >= 11 is 1.32. The fraction of sp³-hybridized carbons (Fsp3) is 0.176. The van der Waals surface area contributed by atoms with Gasteiger partial charge in [-0.1, -0.05) is 24.3 Å². The monoisotopic (exact) mass is 340 g/mol. The topological polar surface area (TPSA) is 9.23 Å². The first kappa shape index (κ1) is 15.8. The number of benzene rings is 2. The van der Waals surface area contributed by atoms with Crippen molar-refractivity contribution in [2.45, 2.75) is 12.6 Å². The Bertz CT molecular complexity index is 851. The van der Waals surface area contributed by atoms with Crippen molar-refractivity contribution in [3.05, 3.63) is 64.3 Å². The van der Waals surface area contributed by atoms with Crippen LogP contribution in [-0.2, 0) is 12.6 Å². The zero-order valence-electron chi connectivity index (χ0n) is 12.1. The van der Waals surface area contributed by atoms with E-state index in [0.29, 0.717) is 16.7 Å². The second kappa shape index (κ2) is 5.85. The van der Waals surface area contributed by atoms with Gasteiger partial charge < -0.3 is 4.74 Å². The molecule has 3 aromatic rings. The standard InChI is InChI=1S/C17H12F4OS/c1-22-15-14(18)6-5-11-9-13(23-16(11)15)8-10-3-2-4-12(7-10)17(19,20)21/h2-7,9H,8H2,1H3. The number of hydrogen-bond donors (Lipinski definition) is 0.